The van der Waals surface area contributed by atoms with Gasteiger partial charge in [0, 0.05) is 11.6 Å². The van der Waals surface area contributed by atoms with Crippen LogP contribution in [0.3, 0.4) is 0 Å². The molecule has 0 spiro atoms. The maximum absolute atomic E-state index is 12.5. The Morgan fingerprint density at radius 3 is 2.37 bits per heavy atom. The van der Waals surface area contributed by atoms with Crippen molar-refractivity contribution in [2.75, 3.05) is 17.1 Å². The lowest BCUT2D eigenvalue weighted by molar-refractivity contribution is -0.121. The minimum atomic E-state index is -3.60. The van der Waals surface area contributed by atoms with Gasteiger partial charge in [-0.3, -0.25) is 9.10 Å². The van der Waals surface area contributed by atoms with Gasteiger partial charge in [-0.2, -0.15) is 0 Å². The molecule has 7 heteroatoms. The Kier molecular flexibility index (Phi) is 7.27. The van der Waals surface area contributed by atoms with Crippen molar-refractivity contribution < 1.29 is 13.2 Å². The number of hydrogen-bond acceptors (Lipinski definition) is 3. The Labute approximate surface area is 166 Å². The number of sulfonamides is 1. The first-order chi connectivity index (χ1) is 12.7. The van der Waals surface area contributed by atoms with Gasteiger partial charge in [0.05, 0.1) is 11.9 Å². The molecule has 0 unspecified atom stereocenters. The zero-order valence-electron chi connectivity index (χ0n) is 15.8. The van der Waals surface area contributed by atoms with E-state index in [-0.39, 0.29) is 5.91 Å². The van der Waals surface area contributed by atoms with E-state index in [1.165, 1.54) is 0 Å². The molecule has 0 saturated heterocycles. The summed E-state index contributed by atoms with van der Waals surface area (Å²) >= 11 is 6.13. The zero-order chi connectivity index (χ0) is 20.0. The molecule has 1 atom stereocenters. The van der Waals surface area contributed by atoms with E-state index >= 15 is 0 Å². The number of aryl methyl sites for hydroxylation is 2. The molecule has 0 aromatic heterocycles. The number of amides is 1. The Morgan fingerprint density at radius 2 is 1.78 bits per heavy atom. The molecule has 27 heavy (non-hydrogen) atoms. The SMILES string of the molecule is Cc1ccc(N([C@@H](C)C(=O)NCCCc2ccccc2Cl)S(C)(=O)=O)cc1. The minimum absolute atomic E-state index is 0.333. The highest BCUT2D eigenvalue weighted by atomic mass is 35.5. The van der Waals surface area contributed by atoms with Crippen LogP contribution in [-0.2, 0) is 21.2 Å². The number of nitrogens with one attached hydrogen (secondary N) is 1. The fraction of sp³-hybridized carbons (Fsp3) is 0.350. The van der Waals surface area contributed by atoms with Crippen LogP contribution in [-0.4, -0.2) is 33.2 Å². The molecule has 0 aliphatic carbocycles. The largest absolute Gasteiger partial charge is 0.354 e. The molecule has 5 nitrogen and oxygen atoms in total. The van der Waals surface area contributed by atoms with Gasteiger partial charge in [0.15, 0.2) is 0 Å². The molecule has 0 aliphatic heterocycles. The fourth-order valence-electron chi connectivity index (χ4n) is 2.84. The third-order valence-electron chi connectivity index (χ3n) is 4.26. The van der Waals surface area contributed by atoms with Crippen molar-refractivity contribution in [3.63, 3.8) is 0 Å². The number of hydrogen-bond donors (Lipinski definition) is 1. The molecule has 0 heterocycles. The van der Waals surface area contributed by atoms with Crippen molar-refractivity contribution in [2.45, 2.75) is 32.7 Å². The number of rotatable bonds is 8. The molecular formula is C20H25ClN2O3S. The molecule has 0 radical (unpaired) electrons. The second kappa shape index (κ2) is 9.24. The van der Waals surface area contributed by atoms with Crippen LogP contribution in [0.15, 0.2) is 48.5 Å². The van der Waals surface area contributed by atoms with E-state index in [0.29, 0.717) is 23.7 Å². The summed E-state index contributed by atoms with van der Waals surface area (Å²) in [6.45, 7) is 3.95. The highest BCUT2D eigenvalue weighted by Gasteiger charge is 2.28. The van der Waals surface area contributed by atoms with E-state index in [4.69, 9.17) is 11.6 Å². The maximum atomic E-state index is 12.5. The summed E-state index contributed by atoms with van der Waals surface area (Å²) in [5.74, 6) is -0.333. The van der Waals surface area contributed by atoms with Gasteiger partial charge in [-0.05, 0) is 50.5 Å². The smallest absolute Gasteiger partial charge is 0.243 e. The van der Waals surface area contributed by atoms with Gasteiger partial charge in [0.2, 0.25) is 15.9 Å². The first kappa shape index (κ1) is 21.3. The monoisotopic (exact) mass is 408 g/mol. The number of anilines is 1. The molecule has 1 amide bonds. The number of benzene rings is 2. The maximum Gasteiger partial charge on any atom is 0.243 e. The fourth-order valence-corrected chi connectivity index (χ4v) is 4.24. The summed E-state index contributed by atoms with van der Waals surface area (Å²) in [5.41, 5.74) is 2.52. The minimum Gasteiger partial charge on any atom is -0.354 e. The Bertz CT molecular complexity index is 882. The van der Waals surface area contributed by atoms with Crippen molar-refractivity contribution in [3.8, 4) is 0 Å². The lowest BCUT2D eigenvalue weighted by atomic mass is 10.1. The van der Waals surface area contributed by atoms with Crippen molar-refractivity contribution in [1.82, 2.24) is 5.32 Å². The summed E-state index contributed by atoms with van der Waals surface area (Å²) in [6, 6.07) is 13.8. The molecule has 0 aliphatic rings. The molecule has 2 aromatic rings. The van der Waals surface area contributed by atoms with Gasteiger partial charge in [-0.1, -0.05) is 47.5 Å². The second-order valence-corrected chi connectivity index (χ2v) is 8.82. The predicted molar refractivity (Wildman–Crippen MR) is 111 cm³/mol. The van der Waals surface area contributed by atoms with Crippen molar-refractivity contribution in [2.24, 2.45) is 0 Å². The summed E-state index contributed by atoms with van der Waals surface area (Å²) in [7, 11) is -3.60. The molecule has 0 bridgehead atoms. The van der Waals surface area contributed by atoms with Crippen LogP contribution in [0, 0.1) is 6.92 Å². The highest BCUT2D eigenvalue weighted by Crippen LogP contribution is 2.21. The van der Waals surface area contributed by atoms with E-state index in [2.05, 4.69) is 5.32 Å². The quantitative estimate of drug-likeness (QED) is 0.679. The number of carbonyl (C=O) groups excluding carboxylic acids is 1. The third kappa shape index (κ3) is 5.97. The molecule has 2 aromatic carbocycles. The number of halogens is 1. The Balaban J connectivity index is 1.98. The Hall–Kier alpha value is -2.05. The zero-order valence-corrected chi connectivity index (χ0v) is 17.3. The van der Waals surface area contributed by atoms with Crippen LogP contribution >= 0.6 is 11.6 Å². The number of carbonyl (C=O) groups is 1. The average Bonchev–Trinajstić information content (AvgIpc) is 2.60. The average molecular weight is 409 g/mol. The standard InChI is InChI=1S/C20H25ClN2O3S/c1-15-10-12-18(13-11-15)23(27(3,25)26)16(2)20(24)22-14-6-8-17-7-4-5-9-19(17)21/h4-5,7,9-13,16H,6,8,14H2,1-3H3,(H,22,24)/t16-/m0/s1. The molecular weight excluding hydrogens is 384 g/mol. The van der Waals surface area contributed by atoms with Crippen LogP contribution < -0.4 is 9.62 Å². The molecule has 0 fully saturated rings. The molecule has 2 rings (SSSR count). The predicted octanol–water partition coefficient (Wildman–Crippen LogP) is 3.55. The first-order valence-corrected chi connectivity index (χ1v) is 11.0. The van der Waals surface area contributed by atoms with Gasteiger partial charge in [-0.25, -0.2) is 8.42 Å². The van der Waals surface area contributed by atoms with Crippen LogP contribution in [0.25, 0.3) is 0 Å². The van der Waals surface area contributed by atoms with Crippen molar-refractivity contribution in [1.29, 1.82) is 0 Å². The van der Waals surface area contributed by atoms with Gasteiger partial charge >= 0.3 is 0 Å². The van der Waals surface area contributed by atoms with Crippen molar-refractivity contribution >= 4 is 33.2 Å². The lowest BCUT2D eigenvalue weighted by Gasteiger charge is -2.28. The molecule has 1 N–H and O–H groups in total. The summed E-state index contributed by atoms with van der Waals surface area (Å²) < 4.78 is 25.6. The van der Waals surface area contributed by atoms with Gasteiger partial charge in [0.1, 0.15) is 6.04 Å². The first-order valence-electron chi connectivity index (χ1n) is 8.77. The van der Waals surface area contributed by atoms with Gasteiger partial charge < -0.3 is 5.32 Å². The Morgan fingerprint density at radius 1 is 1.15 bits per heavy atom. The van der Waals surface area contributed by atoms with E-state index < -0.39 is 16.1 Å². The van der Waals surface area contributed by atoms with Crippen LogP contribution in [0.2, 0.25) is 5.02 Å². The third-order valence-corrected chi connectivity index (χ3v) is 5.87. The van der Waals surface area contributed by atoms with Crippen LogP contribution in [0.1, 0.15) is 24.5 Å². The lowest BCUT2D eigenvalue weighted by Crippen LogP contribution is -2.48. The number of nitrogens with zero attached hydrogens (tertiary/aromatic N) is 1. The summed E-state index contributed by atoms with van der Waals surface area (Å²) in [4.78, 5) is 12.5. The van der Waals surface area contributed by atoms with E-state index in [1.54, 1.807) is 19.1 Å². The van der Waals surface area contributed by atoms with E-state index in [0.717, 1.165) is 28.1 Å². The van der Waals surface area contributed by atoms with E-state index in [9.17, 15) is 13.2 Å². The molecule has 0 saturated carbocycles. The highest BCUT2D eigenvalue weighted by molar-refractivity contribution is 7.92. The second-order valence-electron chi connectivity index (χ2n) is 6.56. The van der Waals surface area contributed by atoms with Gasteiger partial charge in [-0.15, -0.1) is 0 Å². The summed E-state index contributed by atoms with van der Waals surface area (Å²) in [5, 5.41) is 3.53. The van der Waals surface area contributed by atoms with Crippen LogP contribution in [0.5, 0.6) is 0 Å². The molecule has 146 valence electrons. The van der Waals surface area contributed by atoms with Crippen LogP contribution in [0.4, 0.5) is 5.69 Å². The van der Waals surface area contributed by atoms with E-state index in [1.807, 2.05) is 43.3 Å². The van der Waals surface area contributed by atoms with Gasteiger partial charge in [0.25, 0.3) is 0 Å². The van der Waals surface area contributed by atoms with Crippen molar-refractivity contribution in [3.05, 3.63) is 64.7 Å². The topological polar surface area (TPSA) is 66.5 Å². The normalized spacial score (nSPS) is 12.4. The summed E-state index contributed by atoms with van der Waals surface area (Å²) in [6.07, 6.45) is 2.56.